The van der Waals surface area contributed by atoms with E-state index in [-0.39, 0.29) is 6.04 Å². The zero-order chi connectivity index (χ0) is 15.1. The second kappa shape index (κ2) is 8.71. The van der Waals surface area contributed by atoms with E-state index in [1.54, 1.807) is 0 Å². The summed E-state index contributed by atoms with van der Waals surface area (Å²) in [6.07, 6.45) is 4.43. The summed E-state index contributed by atoms with van der Waals surface area (Å²) in [5.41, 5.74) is 10.2. The average molecular weight is 295 g/mol. The molecule has 0 aliphatic heterocycles. The molecule has 2 unspecified atom stereocenters. The van der Waals surface area contributed by atoms with Crippen molar-refractivity contribution in [3.8, 4) is 0 Å². The zero-order valence-corrected chi connectivity index (χ0v) is 14.5. The molecule has 0 bridgehead atoms. The fraction of sp³-hybridized carbons (Fsp3) is 0.647. The van der Waals surface area contributed by atoms with Crippen LogP contribution in [0.1, 0.15) is 42.5 Å². The molecule has 1 rings (SSSR count). The summed E-state index contributed by atoms with van der Waals surface area (Å²) in [4.78, 5) is 2.43. The van der Waals surface area contributed by atoms with E-state index in [4.69, 9.17) is 5.73 Å². The van der Waals surface area contributed by atoms with Gasteiger partial charge in [-0.2, -0.15) is 11.8 Å². The molecule has 2 N–H and O–H groups in total. The van der Waals surface area contributed by atoms with Crippen molar-refractivity contribution in [2.45, 2.75) is 45.7 Å². The molecule has 2 nitrogen and oxygen atoms in total. The fourth-order valence-electron chi connectivity index (χ4n) is 2.46. The summed E-state index contributed by atoms with van der Waals surface area (Å²) < 4.78 is 0. The third-order valence-electron chi connectivity index (χ3n) is 3.96. The maximum Gasteiger partial charge on any atom is 0.0307 e. The summed E-state index contributed by atoms with van der Waals surface area (Å²) in [6, 6.07) is 7.41. The monoisotopic (exact) mass is 294 g/mol. The summed E-state index contributed by atoms with van der Waals surface area (Å²) >= 11 is 1.92. The van der Waals surface area contributed by atoms with Crippen LogP contribution in [0.4, 0.5) is 0 Å². The van der Waals surface area contributed by atoms with Gasteiger partial charge in [-0.15, -0.1) is 0 Å². The number of thioether (sulfide) groups is 1. The zero-order valence-electron chi connectivity index (χ0n) is 13.6. The van der Waals surface area contributed by atoms with Crippen LogP contribution in [0.5, 0.6) is 0 Å². The topological polar surface area (TPSA) is 29.3 Å². The predicted molar refractivity (Wildman–Crippen MR) is 92.6 cm³/mol. The van der Waals surface area contributed by atoms with Crippen molar-refractivity contribution >= 4 is 11.8 Å². The molecule has 0 aliphatic carbocycles. The van der Waals surface area contributed by atoms with Gasteiger partial charge in [0.2, 0.25) is 0 Å². The summed E-state index contributed by atoms with van der Waals surface area (Å²) in [5, 5.41) is 0. The Labute approximate surface area is 129 Å². The molecular formula is C17H30N2S. The third kappa shape index (κ3) is 5.86. The third-order valence-corrected chi connectivity index (χ3v) is 4.60. The number of aryl methyl sites for hydroxylation is 2. The van der Waals surface area contributed by atoms with Gasteiger partial charge in [0.25, 0.3) is 0 Å². The fourth-order valence-corrected chi connectivity index (χ4v) is 3.04. The maximum atomic E-state index is 6.35. The van der Waals surface area contributed by atoms with Gasteiger partial charge in [-0.3, -0.25) is 0 Å². The van der Waals surface area contributed by atoms with Crippen molar-refractivity contribution in [2.75, 3.05) is 25.6 Å². The van der Waals surface area contributed by atoms with Crippen LogP contribution in [-0.2, 0) is 0 Å². The van der Waals surface area contributed by atoms with Crippen LogP contribution in [0.3, 0.4) is 0 Å². The van der Waals surface area contributed by atoms with E-state index in [0.717, 1.165) is 13.0 Å². The normalized spacial score (nSPS) is 14.6. The van der Waals surface area contributed by atoms with E-state index in [9.17, 15) is 0 Å². The molecule has 2 atom stereocenters. The van der Waals surface area contributed by atoms with Gasteiger partial charge < -0.3 is 10.6 Å². The van der Waals surface area contributed by atoms with Gasteiger partial charge in [-0.25, -0.2) is 0 Å². The lowest BCUT2D eigenvalue weighted by molar-refractivity contribution is 0.244. The van der Waals surface area contributed by atoms with Gasteiger partial charge in [0.1, 0.15) is 0 Å². The Bertz CT molecular complexity index is 386. The number of hydrogen-bond acceptors (Lipinski definition) is 3. The number of benzene rings is 1. The van der Waals surface area contributed by atoms with Gasteiger partial charge in [0.15, 0.2) is 0 Å². The SMILES string of the molecule is CSCCC(C)N(C)CCC(N)c1cc(C)cc(C)c1. The van der Waals surface area contributed by atoms with Gasteiger partial charge >= 0.3 is 0 Å². The lowest BCUT2D eigenvalue weighted by atomic mass is 9.99. The summed E-state index contributed by atoms with van der Waals surface area (Å²) in [6.45, 7) is 7.64. The van der Waals surface area contributed by atoms with Crippen LogP contribution in [-0.4, -0.2) is 36.5 Å². The molecule has 0 saturated heterocycles. The molecule has 0 fully saturated rings. The molecule has 0 saturated carbocycles. The number of nitrogens with zero attached hydrogens (tertiary/aromatic N) is 1. The molecule has 1 aromatic carbocycles. The predicted octanol–water partition coefficient (Wildman–Crippen LogP) is 3.77. The first kappa shape index (κ1) is 17.5. The minimum Gasteiger partial charge on any atom is -0.324 e. The second-order valence-corrected chi connectivity index (χ2v) is 6.91. The first-order valence-electron chi connectivity index (χ1n) is 7.47. The number of hydrogen-bond donors (Lipinski definition) is 1. The highest BCUT2D eigenvalue weighted by atomic mass is 32.2. The Morgan fingerprint density at radius 3 is 2.30 bits per heavy atom. The number of nitrogens with two attached hydrogens (primary N) is 1. The highest BCUT2D eigenvalue weighted by Gasteiger charge is 2.12. The highest BCUT2D eigenvalue weighted by molar-refractivity contribution is 7.98. The van der Waals surface area contributed by atoms with E-state index >= 15 is 0 Å². The van der Waals surface area contributed by atoms with E-state index in [1.165, 1.54) is 28.9 Å². The van der Waals surface area contributed by atoms with Gasteiger partial charge in [0.05, 0.1) is 0 Å². The van der Waals surface area contributed by atoms with Crippen LogP contribution in [0.15, 0.2) is 18.2 Å². The van der Waals surface area contributed by atoms with Gasteiger partial charge in [-0.05, 0) is 64.8 Å². The first-order valence-corrected chi connectivity index (χ1v) is 8.86. The Morgan fingerprint density at radius 1 is 1.15 bits per heavy atom. The van der Waals surface area contributed by atoms with Crippen LogP contribution in [0.25, 0.3) is 0 Å². The molecular weight excluding hydrogens is 264 g/mol. The molecule has 0 heterocycles. The Morgan fingerprint density at radius 2 is 1.75 bits per heavy atom. The molecule has 0 aliphatic rings. The Kier molecular flexibility index (Phi) is 7.63. The smallest absolute Gasteiger partial charge is 0.0307 e. The minimum atomic E-state index is 0.142. The van der Waals surface area contributed by atoms with Crippen LogP contribution >= 0.6 is 11.8 Å². The van der Waals surface area contributed by atoms with E-state index < -0.39 is 0 Å². The molecule has 3 heteroatoms. The highest BCUT2D eigenvalue weighted by Crippen LogP contribution is 2.18. The van der Waals surface area contributed by atoms with Crippen molar-refractivity contribution < 1.29 is 0 Å². The molecule has 114 valence electrons. The maximum absolute atomic E-state index is 6.35. The van der Waals surface area contributed by atoms with E-state index in [0.29, 0.717) is 6.04 Å². The van der Waals surface area contributed by atoms with Crippen molar-refractivity contribution in [3.05, 3.63) is 34.9 Å². The molecule has 0 spiro atoms. The average Bonchev–Trinajstić information content (AvgIpc) is 2.40. The molecule has 0 radical (unpaired) electrons. The van der Waals surface area contributed by atoms with Crippen molar-refractivity contribution in [2.24, 2.45) is 5.73 Å². The van der Waals surface area contributed by atoms with E-state index in [2.05, 4.69) is 57.2 Å². The van der Waals surface area contributed by atoms with Gasteiger partial charge in [-0.1, -0.05) is 29.3 Å². The van der Waals surface area contributed by atoms with Crippen LogP contribution < -0.4 is 5.73 Å². The van der Waals surface area contributed by atoms with Crippen LogP contribution in [0, 0.1) is 13.8 Å². The summed E-state index contributed by atoms with van der Waals surface area (Å²) in [7, 11) is 2.21. The number of rotatable bonds is 8. The van der Waals surface area contributed by atoms with Crippen molar-refractivity contribution in [1.82, 2.24) is 4.90 Å². The van der Waals surface area contributed by atoms with Crippen molar-refractivity contribution in [1.29, 1.82) is 0 Å². The standard InChI is InChI=1S/C17H30N2S/c1-13-10-14(2)12-16(11-13)17(18)6-8-19(4)15(3)7-9-20-5/h10-12,15,17H,6-9,18H2,1-5H3. The minimum absolute atomic E-state index is 0.142. The lowest BCUT2D eigenvalue weighted by Gasteiger charge is -2.26. The second-order valence-electron chi connectivity index (χ2n) is 5.93. The van der Waals surface area contributed by atoms with Gasteiger partial charge in [0, 0.05) is 12.1 Å². The molecule has 0 amide bonds. The van der Waals surface area contributed by atoms with Crippen molar-refractivity contribution in [3.63, 3.8) is 0 Å². The molecule has 1 aromatic rings. The van der Waals surface area contributed by atoms with Crippen LogP contribution in [0.2, 0.25) is 0 Å². The summed E-state index contributed by atoms with van der Waals surface area (Å²) in [5.74, 6) is 1.23. The Balaban J connectivity index is 2.47. The molecule has 20 heavy (non-hydrogen) atoms. The first-order chi connectivity index (χ1) is 9.43. The quantitative estimate of drug-likeness (QED) is 0.791. The Hall–Kier alpha value is -0.510. The molecule has 0 aromatic heterocycles. The van der Waals surface area contributed by atoms with E-state index in [1.807, 2.05) is 11.8 Å². The largest absolute Gasteiger partial charge is 0.324 e. The lowest BCUT2D eigenvalue weighted by Crippen LogP contribution is -2.32.